The van der Waals surface area contributed by atoms with Crippen LogP contribution in [0.2, 0.25) is 0 Å². The highest BCUT2D eigenvalue weighted by Gasteiger charge is 2.05. The van der Waals surface area contributed by atoms with Crippen LogP contribution in [0, 0.1) is 5.92 Å². The highest BCUT2D eigenvalue weighted by atomic mass is 16.1. The average molecular weight is 283 g/mol. The predicted octanol–water partition coefficient (Wildman–Crippen LogP) is 3.79. The maximum atomic E-state index is 12.0. The highest BCUT2D eigenvalue weighted by Crippen LogP contribution is 2.15. The van der Waals surface area contributed by atoms with Crippen molar-refractivity contribution in [1.82, 2.24) is 4.98 Å². The van der Waals surface area contributed by atoms with Crippen molar-refractivity contribution in [2.75, 3.05) is 17.2 Å². The Balaban J connectivity index is 1.89. The number of hydrogen-bond acceptors (Lipinski definition) is 3. The third-order valence-corrected chi connectivity index (χ3v) is 3.12. The van der Waals surface area contributed by atoms with E-state index in [1.807, 2.05) is 24.3 Å². The Morgan fingerprint density at radius 1 is 1.14 bits per heavy atom. The minimum absolute atomic E-state index is 0.149. The number of carbonyl (C=O) groups is 1. The van der Waals surface area contributed by atoms with Crippen LogP contribution in [0.4, 0.5) is 11.4 Å². The summed E-state index contributed by atoms with van der Waals surface area (Å²) in [6.45, 7) is 5.37. The van der Waals surface area contributed by atoms with Gasteiger partial charge in [-0.1, -0.05) is 13.8 Å². The SMILES string of the molecule is CC(C)CCNc1ccc(NC(=O)c2cccnc2)cc1. The van der Waals surface area contributed by atoms with E-state index < -0.39 is 0 Å². The van der Waals surface area contributed by atoms with Crippen molar-refractivity contribution < 1.29 is 4.79 Å². The number of hydrogen-bond donors (Lipinski definition) is 2. The van der Waals surface area contributed by atoms with Crippen LogP contribution in [0.15, 0.2) is 48.8 Å². The van der Waals surface area contributed by atoms with Gasteiger partial charge in [0.15, 0.2) is 0 Å². The van der Waals surface area contributed by atoms with E-state index in [4.69, 9.17) is 0 Å². The van der Waals surface area contributed by atoms with Crippen LogP contribution < -0.4 is 10.6 Å². The summed E-state index contributed by atoms with van der Waals surface area (Å²) in [6.07, 6.45) is 4.34. The first-order valence-electron chi connectivity index (χ1n) is 7.20. The Morgan fingerprint density at radius 2 is 1.86 bits per heavy atom. The van der Waals surface area contributed by atoms with Gasteiger partial charge in [-0.3, -0.25) is 9.78 Å². The summed E-state index contributed by atoms with van der Waals surface area (Å²) in [7, 11) is 0. The van der Waals surface area contributed by atoms with E-state index in [0.29, 0.717) is 11.5 Å². The monoisotopic (exact) mass is 283 g/mol. The van der Waals surface area contributed by atoms with Gasteiger partial charge in [-0.15, -0.1) is 0 Å². The van der Waals surface area contributed by atoms with E-state index in [1.165, 1.54) is 0 Å². The molecule has 2 rings (SSSR count). The zero-order chi connectivity index (χ0) is 15.1. The molecule has 0 aliphatic rings. The molecule has 21 heavy (non-hydrogen) atoms. The molecule has 0 atom stereocenters. The van der Waals surface area contributed by atoms with Crippen LogP contribution in [-0.4, -0.2) is 17.4 Å². The molecule has 1 aromatic carbocycles. The Kier molecular flexibility index (Phi) is 5.32. The Bertz CT molecular complexity index is 564. The van der Waals surface area contributed by atoms with Gasteiger partial charge < -0.3 is 10.6 Å². The molecule has 0 aliphatic heterocycles. The van der Waals surface area contributed by atoms with Crippen molar-refractivity contribution in [2.24, 2.45) is 5.92 Å². The number of rotatable bonds is 6. The number of benzene rings is 1. The largest absolute Gasteiger partial charge is 0.385 e. The second-order valence-corrected chi connectivity index (χ2v) is 5.38. The van der Waals surface area contributed by atoms with Crippen LogP contribution in [0.1, 0.15) is 30.6 Å². The normalized spacial score (nSPS) is 10.4. The van der Waals surface area contributed by atoms with Gasteiger partial charge in [0.1, 0.15) is 0 Å². The van der Waals surface area contributed by atoms with Gasteiger partial charge in [0, 0.05) is 30.3 Å². The molecule has 4 nitrogen and oxygen atoms in total. The Hall–Kier alpha value is -2.36. The van der Waals surface area contributed by atoms with Crippen LogP contribution in [0.5, 0.6) is 0 Å². The predicted molar refractivity (Wildman–Crippen MR) is 86.6 cm³/mol. The molecule has 0 aliphatic carbocycles. The lowest BCUT2D eigenvalue weighted by molar-refractivity contribution is 0.102. The van der Waals surface area contributed by atoms with E-state index in [2.05, 4.69) is 29.5 Å². The molecule has 1 amide bonds. The lowest BCUT2D eigenvalue weighted by Gasteiger charge is -2.09. The maximum absolute atomic E-state index is 12.0. The summed E-state index contributed by atoms with van der Waals surface area (Å²) in [4.78, 5) is 15.9. The van der Waals surface area contributed by atoms with Crippen LogP contribution in [0.25, 0.3) is 0 Å². The zero-order valence-corrected chi connectivity index (χ0v) is 12.5. The van der Waals surface area contributed by atoms with Gasteiger partial charge in [-0.25, -0.2) is 0 Å². The van der Waals surface area contributed by atoms with E-state index >= 15 is 0 Å². The molecule has 0 spiro atoms. The van der Waals surface area contributed by atoms with Gasteiger partial charge in [0.05, 0.1) is 5.56 Å². The Labute approximate surface area is 125 Å². The minimum atomic E-state index is -0.149. The number of nitrogens with zero attached hydrogens (tertiary/aromatic N) is 1. The molecule has 4 heteroatoms. The second kappa shape index (κ2) is 7.43. The van der Waals surface area contributed by atoms with Crippen LogP contribution in [-0.2, 0) is 0 Å². The van der Waals surface area contributed by atoms with Crippen molar-refractivity contribution in [3.8, 4) is 0 Å². The molecule has 1 aromatic heterocycles. The molecule has 0 radical (unpaired) electrons. The first-order chi connectivity index (χ1) is 10.1. The van der Waals surface area contributed by atoms with Gasteiger partial charge in [0.25, 0.3) is 5.91 Å². The minimum Gasteiger partial charge on any atom is -0.385 e. The quantitative estimate of drug-likeness (QED) is 0.848. The second-order valence-electron chi connectivity index (χ2n) is 5.38. The smallest absolute Gasteiger partial charge is 0.257 e. The summed E-state index contributed by atoms with van der Waals surface area (Å²) >= 11 is 0. The fourth-order valence-electron chi connectivity index (χ4n) is 1.88. The zero-order valence-electron chi connectivity index (χ0n) is 12.5. The van der Waals surface area contributed by atoms with E-state index in [1.54, 1.807) is 24.5 Å². The van der Waals surface area contributed by atoms with E-state index in [-0.39, 0.29) is 5.91 Å². The molecule has 0 saturated carbocycles. The maximum Gasteiger partial charge on any atom is 0.257 e. The van der Waals surface area contributed by atoms with Crippen molar-refractivity contribution in [3.63, 3.8) is 0 Å². The number of anilines is 2. The number of carbonyl (C=O) groups excluding carboxylic acids is 1. The first-order valence-corrected chi connectivity index (χ1v) is 7.20. The van der Waals surface area contributed by atoms with Crippen LogP contribution >= 0.6 is 0 Å². The topological polar surface area (TPSA) is 54.0 Å². The molecule has 110 valence electrons. The molecular formula is C17H21N3O. The standard InChI is InChI=1S/C17H21N3O/c1-13(2)9-11-19-15-5-7-16(8-6-15)20-17(21)14-4-3-10-18-12-14/h3-8,10,12-13,19H,9,11H2,1-2H3,(H,20,21). The summed E-state index contributed by atoms with van der Waals surface area (Å²) < 4.78 is 0. The Morgan fingerprint density at radius 3 is 2.48 bits per heavy atom. The molecule has 0 unspecified atom stereocenters. The first kappa shape index (κ1) is 15.0. The van der Waals surface area contributed by atoms with Crippen molar-refractivity contribution >= 4 is 17.3 Å². The lowest BCUT2D eigenvalue weighted by atomic mass is 10.1. The summed E-state index contributed by atoms with van der Waals surface area (Å²) in [5.41, 5.74) is 2.39. The average Bonchev–Trinajstić information content (AvgIpc) is 2.49. The van der Waals surface area contributed by atoms with Crippen molar-refractivity contribution in [3.05, 3.63) is 54.4 Å². The number of amides is 1. The van der Waals surface area contributed by atoms with E-state index in [0.717, 1.165) is 24.3 Å². The number of aromatic nitrogens is 1. The lowest BCUT2D eigenvalue weighted by Crippen LogP contribution is -2.12. The van der Waals surface area contributed by atoms with Gasteiger partial charge in [-0.2, -0.15) is 0 Å². The third-order valence-electron chi connectivity index (χ3n) is 3.12. The molecule has 1 heterocycles. The molecule has 0 bridgehead atoms. The summed E-state index contributed by atoms with van der Waals surface area (Å²) in [5.74, 6) is 0.541. The summed E-state index contributed by atoms with van der Waals surface area (Å²) in [6, 6.07) is 11.2. The highest BCUT2D eigenvalue weighted by molar-refractivity contribution is 6.04. The van der Waals surface area contributed by atoms with Crippen molar-refractivity contribution in [2.45, 2.75) is 20.3 Å². The van der Waals surface area contributed by atoms with Gasteiger partial charge in [0.2, 0.25) is 0 Å². The molecule has 2 N–H and O–H groups in total. The van der Waals surface area contributed by atoms with Gasteiger partial charge >= 0.3 is 0 Å². The number of pyridine rings is 1. The summed E-state index contributed by atoms with van der Waals surface area (Å²) in [5, 5.41) is 6.22. The van der Waals surface area contributed by atoms with E-state index in [9.17, 15) is 4.79 Å². The number of nitrogens with one attached hydrogen (secondary N) is 2. The molecule has 2 aromatic rings. The fourth-order valence-corrected chi connectivity index (χ4v) is 1.88. The molecule has 0 saturated heterocycles. The van der Waals surface area contributed by atoms with Crippen LogP contribution in [0.3, 0.4) is 0 Å². The van der Waals surface area contributed by atoms with Crippen molar-refractivity contribution in [1.29, 1.82) is 0 Å². The van der Waals surface area contributed by atoms with Gasteiger partial charge in [-0.05, 0) is 48.7 Å². The molecular weight excluding hydrogens is 262 g/mol. The fraction of sp³-hybridized carbons (Fsp3) is 0.294. The third kappa shape index (κ3) is 4.91. The molecule has 0 fully saturated rings.